The molecule has 0 aliphatic rings. The smallest absolute Gasteiger partial charge is 0.251 e. The average molecular weight is 322 g/mol. The maximum absolute atomic E-state index is 11.7. The molecule has 0 radical (unpaired) electrons. The molecule has 1 atom stereocenters. The fourth-order valence-corrected chi connectivity index (χ4v) is 1.80. The average Bonchev–Trinajstić information content (AvgIpc) is 2.26. The predicted molar refractivity (Wildman–Crippen MR) is 76.9 cm³/mol. The second kappa shape index (κ2) is 8.50. The van der Waals surface area contributed by atoms with Crippen molar-refractivity contribution in [3.8, 4) is 0 Å². The highest BCUT2D eigenvalue weighted by molar-refractivity contribution is 9.10. The Kier molecular flexibility index (Phi) is 8.21. The molecule has 0 saturated heterocycles. The highest BCUT2D eigenvalue weighted by Gasteiger charge is 2.06. The summed E-state index contributed by atoms with van der Waals surface area (Å²) >= 11 is 3.34. The number of hydrogen-bond acceptors (Lipinski definition) is 2. The van der Waals surface area contributed by atoms with Crippen molar-refractivity contribution in [2.24, 2.45) is 0 Å². The van der Waals surface area contributed by atoms with Gasteiger partial charge in [-0.05, 0) is 31.7 Å². The van der Waals surface area contributed by atoms with Crippen LogP contribution in [0.4, 0.5) is 0 Å². The zero-order chi connectivity index (χ0) is 12.0. The molecule has 0 bridgehead atoms. The summed E-state index contributed by atoms with van der Waals surface area (Å²) in [4.78, 5) is 11.7. The van der Waals surface area contributed by atoms with E-state index in [1.807, 2.05) is 32.0 Å². The number of rotatable bonds is 5. The van der Waals surface area contributed by atoms with Crippen LogP contribution in [0.15, 0.2) is 28.7 Å². The van der Waals surface area contributed by atoms with Crippen molar-refractivity contribution in [2.45, 2.75) is 19.9 Å². The molecule has 1 amide bonds. The van der Waals surface area contributed by atoms with Gasteiger partial charge in [-0.2, -0.15) is 0 Å². The van der Waals surface area contributed by atoms with E-state index in [1.165, 1.54) is 0 Å². The molecule has 3 nitrogen and oxygen atoms in total. The number of benzene rings is 1. The van der Waals surface area contributed by atoms with E-state index < -0.39 is 0 Å². The van der Waals surface area contributed by atoms with E-state index in [0.29, 0.717) is 18.2 Å². The van der Waals surface area contributed by atoms with Crippen LogP contribution in [0.2, 0.25) is 0 Å². The molecule has 0 fully saturated rings. The summed E-state index contributed by atoms with van der Waals surface area (Å²) in [5.74, 6) is -0.0361. The third-order valence-electron chi connectivity index (χ3n) is 2.21. The molecule has 0 aromatic heterocycles. The second-order valence-corrected chi connectivity index (χ2v) is 4.59. The van der Waals surface area contributed by atoms with Gasteiger partial charge in [-0.3, -0.25) is 4.79 Å². The molecule has 0 heterocycles. The molecule has 17 heavy (non-hydrogen) atoms. The van der Waals surface area contributed by atoms with Crippen LogP contribution in [-0.2, 0) is 0 Å². The lowest BCUT2D eigenvalue weighted by molar-refractivity contribution is 0.0950. The van der Waals surface area contributed by atoms with Crippen LogP contribution < -0.4 is 10.6 Å². The molecule has 96 valence electrons. The van der Waals surface area contributed by atoms with E-state index in [2.05, 4.69) is 26.6 Å². The van der Waals surface area contributed by atoms with Gasteiger partial charge in [0.2, 0.25) is 0 Å². The van der Waals surface area contributed by atoms with Gasteiger partial charge in [0.25, 0.3) is 5.91 Å². The largest absolute Gasteiger partial charge is 0.350 e. The normalized spacial score (nSPS) is 11.5. The van der Waals surface area contributed by atoms with Gasteiger partial charge in [0.15, 0.2) is 0 Å². The van der Waals surface area contributed by atoms with Crippen LogP contribution in [0.1, 0.15) is 24.2 Å². The summed E-state index contributed by atoms with van der Waals surface area (Å²) in [5, 5.41) is 6.13. The first-order valence-corrected chi connectivity index (χ1v) is 6.20. The molecule has 5 heteroatoms. The van der Waals surface area contributed by atoms with Crippen molar-refractivity contribution in [3.63, 3.8) is 0 Å². The first-order valence-electron chi connectivity index (χ1n) is 5.40. The highest BCUT2D eigenvalue weighted by atomic mass is 79.9. The summed E-state index contributed by atoms with van der Waals surface area (Å²) in [5.41, 5.74) is 0.679. The Morgan fingerprint density at radius 3 is 2.76 bits per heavy atom. The standard InChI is InChI=1S/C12H17BrN2O.ClH/c1-3-14-9(2)8-15-12(16)10-5-4-6-11(13)7-10;/h4-7,9,14H,3,8H2,1-2H3,(H,15,16);1H/t9-;/m1./s1. The van der Waals surface area contributed by atoms with Gasteiger partial charge >= 0.3 is 0 Å². The Balaban J connectivity index is 0.00000256. The molecule has 1 aromatic rings. The van der Waals surface area contributed by atoms with Gasteiger partial charge < -0.3 is 10.6 Å². The van der Waals surface area contributed by atoms with Crippen LogP contribution in [0, 0.1) is 0 Å². The Hall–Kier alpha value is -0.580. The first-order chi connectivity index (χ1) is 7.63. The summed E-state index contributed by atoms with van der Waals surface area (Å²) in [6.45, 7) is 5.64. The van der Waals surface area contributed by atoms with Gasteiger partial charge in [0, 0.05) is 22.6 Å². The highest BCUT2D eigenvalue weighted by Crippen LogP contribution is 2.11. The number of amides is 1. The van der Waals surface area contributed by atoms with Crippen molar-refractivity contribution < 1.29 is 4.79 Å². The van der Waals surface area contributed by atoms with E-state index in [4.69, 9.17) is 0 Å². The molecule has 0 spiro atoms. The van der Waals surface area contributed by atoms with E-state index in [0.717, 1.165) is 11.0 Å². The third-order valence-corrected chi connectivity index (χ3v) is 2.70. The topological polar surface area (TPSA) is 41.1 Å². The molecule has 0 aliphatic carbocycles. The van der Waals surface area contributed by atoms with E-state index >= 15 is 0 Å². The SMILES string of the molecule is CCN[C@H](C)CNC(=O)c1cccc(Br)c1.Cl. The molecular formula is C12H18BrClN2O. The summed E-state index contributed by atoms with van der Waals surface area (Å²) in [7, 11) is 0. The summed E-state index contributed by atoms with van der Waals surface area (Å²) in [6.07, 6.45) is 0. The Bertz CT molecular complexity index is 360. The zero-order valence-corrected chi connectivity index (χ0v) is 12.4. The predicted octanol–water partition coefficient (Wildman–Crippen LogP) is 2.60. The van der Waals surface area contributed by atoms with Crippen LogP contribution in [0.5, 0.6) is 0 Å². The maximum atomic E-state index is 11.7. The lowest BCUT2D eigenvalue weighted by atomic mass is 10.2. The zero-order valence-electron chi connectivity index (χ0n) is 10.00. The lowest BCUT2D eigenvalue weighted by Crippen LogP contribution is -2.38. The first kappa shape index (κ1) is 16.4. The number of carbonyl (C=O) groups excluding carboxylic acids is 1. The van der Waals surface area contributed by atoms with Crippen LogP contribution in [0.25, 0.3) is 0 Å². The van der Waals surface area contributed by atoms with Crippen LogP contribution in [0.3, 0.4) is 0 Å². The quantitative estimate of drug-likeness (QED) is 0.875. The Morgan fingerprint density at radius 1 is 1.47 bits per heavy atom. The van der Waals surface area contributed by atoms with Gasteiger partial charge in [0.1, 0.15) is 0 Å². The molecule has 2 N–H and O–H groups in total. The van der Waals surface area contributed by atoms with E-state index in [-0.39, 0.29) is 18.3 Å². The second-order valence-electron chi connectivity index (χ2n) is 3.68. The minimum absolute atomic E-state index is 0. The van der Waals surface area contributed by atoms with Crippen molar-refractivity contribution in [2.75, 3.05) is 13.1 Å². The molecule has 0 unspecified atom stereocenters. The number of nitrogens with one attached hydrogen (secondary N) is 2. The van der Waals surface area contributed by atoms with Gasteiger partial charge in [-0.1, -0.05) is 28.9 Å². The number of likely N-dealkylation sites (N-methyl/N-ethyl adjacent to an activating group) is 1. The maximum Gasteiger partial charge on any atom is 0.251 e. The minimum atomic E-state index is -0.0361. The van der Waals surface area contributed by atoms with Crippen molar-refractivity contribution >= 4 is 34.2 Å². The Labute approximate surface area is 117 Å². The molecule has 0 saturated carbocycles. The fourth-order valence-electron chi connectivity index (χ4n) is 1.40. The fraction of sp³-hybridized carbons (Fsp3) is 0.417. The monoisotopic (exact) mass is 320 g/mol. The summed E-state index contributed by atoms with van der Waals surface area (Å²) in [6, 6.07) is 7.66. The molecule has 0 aliphatic heterocycles. The van der Waals surface area contributed by atoms with Crippen LogP contribution >= 0.6 is 28.3 Å². The number of carbonyl (C=O) groups is 1. The van der Waals surface area contributed by atoms with Gasteiger partial charge in [-0.15, -0.1) is 12.4 Å². The van der Waals surface area contributed by atoms with Crippen LogP contribution in [-0.4, -0.2) is 25.0 Å². The molecule has 1 aromatic carbocycles. The van der Waals surface area contributed by atoms with Crippen molar-refractivity contribution in [1.29, 1.82) is 0 Å². The third kappa shape index (κ3) is 6.05. The van der Waals surface area contributed by atoms with E-state index in [9.17, 15) is 4.79 Å². The molecular weight excluding hydrogens is 304 g/mol. The number of hydrogen-bond donors (Lipinski definition) is 2. The Morgan fingerprint density at radius 2 is 2.18 bits per heavy atom. The van der Waals surface area contributed by atoms with Crippen molar-refractivity contribution in [1.82, 2.24) is 10.6 Å². The number of halogens is 2. The van der Waals surface area contributed by atoms with Gasteiger partial charge in [-0.25, -0.2) is 0 Å². The van der Waals surface area contributed by atoms with Crippen molar-refractivity contribution in [3.05, 3.63) is 34.3 Å². The van der Waals surface area contributed by atoms with Gasteiger partial charge in [0.05, 0.1) is 0 Å². The van der Waals surface area contributed by atoms with E-state index in [1.54, 1.807) is 6.07 Å². The minimum Gasteiger partial charge on any atom is -0.350 e. The summed E-state index contributed by atoms with van der Waals surface area (Å²) < 4.78 is 0.917. The lowest BCUT2D eigenvalue weighted by Gasteiger charge is -2.13. The molecule has 1 rings (SSSR count).